The fourth-order valence-corrected chi connectivity index (χ4v) is 3.96. The molecular formula is C25H26F3N3O5. The normalized spacial score (nSPS) is 15.0. The fourth-order valence-electron chi connectivity index (χ4n) is 3.96. The molecule has 0 aliphatic carbocycles. The molecule has 2 amide bonds. The maximum atomic E-state index is 12.5. The molecule has 2 heterocycles. The molecule has 0 atom stereocenters. The molecule has 0 spiro atoms. The van der Waals surface area contributed by atoms with Gasteiger partial charge in [0, 0.05) is 30.6 Å². The number of fused-ring (bicyclic) bond motifs is 1. The van der Waals surface area contributed by atoms with Gasteiger partial charge in [0.1, 0.15) is 28.9 Å². The van der Waals surface area contributed by atoms with Gasteiger partial charge in [0.15, 0.2) is 0 Å². The number of hydrogen-bond acceptors (Lipinski definition) is 6. The lowest BCUT2D eigenvalue weighted by Crippen LogP contribution is -2.35. The number of nitrogens with one attached hydrogen (secondary N) is 2. The third-order valence-electron chi connectivity index (χ3n) is 5.92. The molecule has 1 aromatic heterocycles. The Balaban J connectivity index is 1.39. The first-order valence-electron chi connectivity index (χ1n) is 11.4. The van der Waals surface area contributed by atoms with Crippen molar-refractivity contribution >= 4 is 22.7 Å². The van der Waals surface area contributed by atoms with E-state index in [9.17, 15) is 22.8 Å². The monoisotopic (exact) mass is 505 g/mol. The van der Waals surface area contributed by atoms with Crippen LogP contribution in [0.4, 0.5) is 23.7 Å². The molecule has 1 aliphatic rings. The second kappa shape index (κ2) is 10.5. The van der Waals surface area contributed by atoms with Gasteiger partial charge in [0.25, 0.3) is 0 Å². The third-order valence-corrected chi connectivity index (χ3v) is 5.92. The zero-order valence-electron chi connectivity index (χ0n) is 19.8. The number of alkyl halides is 3. The number of urea groups is 1. The number of ether oxygens (including phenoxy) is 2. The van der Waals surface area contributed by atoms with Gasteiger partial charge in [-0.2, -0.15) is 0 Å². The predicted molar refractivity (Wildman–Crippen MR) is 127 cm³/mol. The van der Waals surface area contributed by atoms with Crippen LogP contribution in [0, 0.1) is 6.92 Å². The number of halogens is 3. The lowest BCUT2D eigenvalue weighted by atomic mass is 10.1. The van der Waals surface area contributed by atoms with Crippen LogP contribution in [0.5, 0.6) is 11.5 Å². The van der Waals surface area contributed by atoms with E-state index in [-0.39, 0.29) is 24.1 Å². The smallest absolute Gasteiger partial charge is 0.490 e. The molecule has 1 fully saturated rings. The van der Waals surface area contributed by atoms with Crippen molar-refractivity contribution in [3.63, 3.8) is 0 Å². The second-order valence-corrected chi connectivity index (χ2v) is 8.67. The van der Waals surface area contributed by atoms with Crippen LogP contribution in [0.3, 0.4) is 0 Å². The number of carbonyl (C=O) groups excluding carboxylic acids is 1. The number of nitrogens with zero attached hydrogens (tertiary/aromatic N) is 1. The molecule has 0 saturated carbocycles. The van der Waals surface area contributed by atoms with Crippen LogP contribution in [-0.4, -0.2) is 43.5 Å². The summed E-state index contributed by atoms with van der Waals surface area (Å²) in [5, 5.41) is 5.62. The maximum absolute atomic E-state index is 12.5. The van der Waals surface area contributed by atoms with Crippen LogP contribution in [0.15, 0.2) is 51.7 Å². The first-order chi connectivity index (χ1) is 17.1. The van der Waals surface area contributed by atoms with Gasteiger partial charge in [-0.05, 0) is 62.7 Å². The number of carbonyl (C=O) groups is 1. The minimum absolute atomic E-state index is 0.0216. The van der Waals surface area contributed by atoms with Crippen LogP contribution < -0.4 is 25.7 Å². The Hall–Kier alpha value is -3.73. The molecular weight excluding hydrogens is 479 g/mol. The van der Waals surface area contributed by atoms with E-state index in [1.165, 1.54) is 18.2 Å². The van der Waals surface area contributed by atoms with Crippen molar-refractivity contribution in [3.05, 3.63) is 64.0 Å². The summed E-state index contributed by atoms with van der Waals surface area (Å²) in [6.07, 6.45) is -2.84. The Morgan fingerprint density at radius 3 is 2.50 bits per heavy atom. The molecule has 2 aromatic carbocycles. The van der Waals surface area contributed by atoms with Crippen LogP contribution in [-0.2, 0) is 6.54 Å². The van der Waals surface area contributed by atoms with E-state index in [2.05, 4.69) is 27.3 Å². The molecule has 2 N–H and O–H groups in total. The van der Waals surface area contributed by atoms with E-state index in [0.717, 1.165) is 38.1 Å². The van der Waals surface area contributed by atoms with Crippen LogP contribution in [0.25, 0.3) is 11.0 Å². The topological polar surface area (TPSA) is 93.0 Å². The van der Waals surface area contributed by atoms with Crippen molar-refractivity contribution in [2.75, 3.05) is 25.5 Å². The minimum Gasteiger partial charge on any atom is -0.490 e. The fraction of sp³-hybridized carbons (Fsp3) is 0.360. The number of hydrogen-bond donors (Lipinski definition) is 2. The SMILES string of the molecule is Cc1c(OC2CCN(C)CC2)ccc2cc(NC(=O)NCc3ccc(OC(F)(F)F)cc3)c(=O)oc12. The van der Waals surface area contributed by atoms with Gasteiger partial charge in [0.2, 0.25) is 0 Å². The quantitative estimate of drug-likeness (QED) is 0.468. The van der Waals surface area contributed by atoms with Gasteiger partial charge in [0.05, 0.1) is 0 Å². The van der Waals surface area contributed by atoms with E-state index in [0.29, 0.717) is 27.8 Å². The van der Waals surface area contributed by atoms with Gasteiger partial charge in [-0.1, -0.05) is 12.1 Å². The average molecular weight is 505 g/mol. The summed E-state index contributed by atoms with van der Waals surface area (Å²) in [6, 6.07) is 9.52. The molecule has 0 radical (unpaired) electrons. The number of amides is 2. The summed E-state index contributed by atoms with van der Waals surface area (Å²) in [7, 11) is 2.08. The summed E-state index contributed by atoms with van der Waals surface area (Å²) < 4.78 is 52.2. The lowest BCUT2D eigenvalue weighted by molar-refractivity contribution is -0.274. The highest BCUT2D eigenvalue weighted by Gasteiger charge is 2.31. The molecule has 11 heteroatoms. The molecule has 4 rings (SSSR count). The van der Waals surface area contributed by atoms with Crippen molar-refractivity contribution in [2.45, 2.75) is 38.8 Å². The van der Waals surface area contributed by atoms with Crippen molar-refractivity contribution in [1.29, 1.82) is 0 Å². The van der Waals surface area contributed by atoms with Crippen LogP contribution >= 0.6 is 0 Å². The highest BCUT2D eigenvalue weighted by Crippen LogP contribution is 2.30. The Morgan fingerprint density at radius 1 is 1.14 bits per heavy atom. The van der Waals surface area contributed by atoms with E-state index in [4.69, 9.17) is 9.15 Å². The largest absolute Gasteiger partial charge is 0.573 e. The predicted octanol–water partition coefficient (Wildman–Crippen LogP) is 4.79. The second-order valence-electron chi connectivity index (χ2n) is 8.67. The molecule has 0 unspecified atom stereocenters. The number of likely N-dealkylation sites (tertiary alicyclic amines) is 1. The van der Waals surface area contributed by atoms with E-state index in [1.54, 1.807) is 6.07 Å². The summed E-state index contributed by atoms with van der Waals surface area (Å²) in [5.41, 5.74) is 0.871. The van der Waals surface area contributed by atoms with Crippen molar-refractivity contribution in [2.24, 2.45) is 0 Å². The van der Waals surface area contributed by atoms with E-state index in [1.807, 2.05) is 13.0 Å². The number of benzene rings is 2. The molecule has 0 bridgehead atoms. The van der Waals surface area contributed by atoms with Gasteiger partial charge < -0.3 is 29.4 Å². The van der Waals surface area contributed by atoms with Crippen molar-refractivity contribution in [1.82, 2.24) is 10.2 Å². The van der Waals surface area contributed by atoms with Crippen molar-refractivity contribution in [3.8, 4) is 11.5 Å². The average Bonchev–Trinajstić information content (AvgIpc) is 2.82. The van der Waals surface area contributed by atoms with Crippen LogP contribution in [0.2, 0.25) is 0 Å². The number of anilines is 1. The van der Waals surface area contributed by atoms with E-state index >= 15 is 0 Å². The Labute approximate surface area is 205 Å². The van der Waals surface area contributed by atoms with Gasteiger partial charge in [-0.3, -0.25) is 0 Å². The highest BCUT2D eigenvalue weighted by molar-refractivity contribution is 5.92. The van der Waals surface area contributed by atoms with Gasteiger partial charge in [-0.15, -0.1) is 13.2 Å². The Morgan fingerprint density at radius 2 is 1.83 bits per heavy atom. The zero-order valence-corrected chi connectivity index (χ0v) is 19.8. The maximum Gasteiger partial charge on any atom is 0.573 e. The summed E-state index contributed by atoms with van der Waals surface area (Å²) in [5.74, 6) is 0.296. The lowest BCUT2D eigenvalue weighted by Gasteiger charge is -2.29. The zero-order chi connectivity index (χ0) is 25.9. The first-order valence-corrected chi connectivity index (χ1v) is 11.4. The molecule has 8 nitrogen and oxygen atoms in total. The molecule has 36 heavy (non-hydrogen) atoms. The highest BCUT2D eigenvalue weighted by atomic mass is 19.4. The summed E-state index contributed by atoms with van der Waals surface area (Å²) >= 11 is 0. The third kappa shape index (κ3) is 6.48. The first kappa shape index (κ1) is 25.4. The van der Waals surface area contributed by atoms with Gasteiger partial charge >= 0.3 is 18.0 Å². The number of piperidine rings is 1. The summed E-state index contributed by atoms with van der Waals surface area (Å²) in [6.45, 7) is 3.76. The molecule has 1 aliphatic heterocycles. The Kier molecular flexibility index (Phi) is 7.39. The Bertz CT molecular complexity index is 1280. The molecule has 1 saturated heterocycles. The number of aryl methyl sites for hydroxylation is 1. The van der Waals surface area contributed by atoms with Gasteiger partial charge in [-0.25, -0.2) is 9.59 Å². The molecule has 192 valence electrons. The standard InChI is InChI=1S/C25H26F3N3O5/c1-15-21(34-18-9-11-31(2)12-10-18)8-5-17-13-20(23(32)35-22(15)17)30-24(33)29-14-16-3-6-19(7-4-16)36-25(26,27)28/h3-8,13,18H,9-12,14H2,1-2H3,(H2,29,30,33). The van der Waals surface area contributed by atoms with E-state index < -0.39 is 18.0 Å². The van der Waals surface area contributed by atoms with Crippen molar-refractivity contribution < 1.29 is 31.9 Å². The minimum atomic E-state index is -4.78. The summed E-state index contributed by atoms with van der Waals surface area (Å²) in [4.78, 5) is 27.1. The van der Waals surface area contributed by atoms with Crippen LogP contribution in [0.1, 0.15) is 24.0 Å². The number of rotatable bonds is 6. The molecule has 3 aromatic rings.